The molecule has 0 aliphatic carbocycles. The Balaban J connectivity index is 2.57. The molecule has 17 heavy (non-hydrogen) atoms. The van der Waals surface area contributed by atoms with Crippen molar-refractivity contribution in [3.05, 3.63) is 22.8 Å². The van der Waals surface area contributed by atoms with Crippen molar-refractivity contribution in [1.82, 2.24) is 4.98 Å². The number of halogens is 1. The zero-order chi connectivity index (χ0) is 12.7. The molecule has 0 aliphatic heterocycles. The third-order valence-electron chi connectivity index (χ3n) is 1.84. The molecular weight excluding hydrogens is 260 g/mol. The van der Waals surface area contributed by atoms with E-state index in [1.165, 1.54) is 12.3 Å². The Kier molecular flexibility index (Phi) is 5.67. The maximum absolute atomic E-state index is 10.8. The standard InChI is InChI=1S/C11H11ClN2O2S/c1-2-6-17-7-5-14-10-9(12)8(11(15)16)3-4-13-10/h1,3-4H,5-7H2,(H,13,14)(H,15,16). The highest BCUT2D eigenvalue weighted by Crippen LogP contribution is 2.23. The SMILES string of the molecule is C#CCSCCNc1nccc(C(=O)O)c1Cl. The second kappa shape index (κ2) is 7.05. The number of nitrogens with zero attached hydrogens (tertiary/aromatic N) is 1. The largest absolute Gasteiger partial charge is 0.478 e. The van der Waals surface area contributed by atoms with Gasteiger partial charge < -0.3 is 10.4 Å². The molecule has 0 fully saturated rings. The van der Waals surface area contributed by atoms with Crippen LogP contribution in [0.25, 0.3) is 0 Å². The Labute approximate surface area is 109 Å². The number of rotatable bonds is 6. The van der Waals surface area contributed by atoms with Crippen molar-refractivity contribution in [2.45, 2.75) is 0 Å². The lowest BCUT2D eigenvalue weighted by atomic mass is 10.2. The minimum Gasteiger partial charge on any atom is -0.478 e. The van der Waals surface area contributed by atoms with E-state index < -0.39 is 5.97 Å². The van der Waals surface area contributed by atoms with Gasteiger partial charge in [0.25, 0.3) is 0 Å². The average Bonchev–Trinajstić information content (AvgIpc) is 2.30. The van der Waals surface area contributed by atoms with Crippen LogP contribution in [-0.4, -0.2) is 34.1 Å². The molecule has 0 bridgehead atoms. The Morgan fingerprint density at radius 2 is 2.47 bits per heavy atom. The first-order valence-corrected chi connectivity index (χ1v) is 6.33. The molecule has 1 rings (SSSR count). The number of carboxylic acids is 1. The lowest BCUT2D eigenvalue weighted by Gasteiger charge is -2.08. The number of terminal acetylenes is 1. The van der Waals surface area contributed by atoms with Crippen LogP contribution in [0.4, 0.5) is 5.82 Å². The molecule has 1 heterocycles. The average molecular weight is 271 g/mol. The molecule has 0 aromatic carbocycles. The first-order chi connectivity index (χ1) is 8.16. The number of carbonyl (C=O) groups is 1. The summed E-state index contributed by atoms with van der Waals surface area (Å²) in [5.41, 5.74) is 0.0421. The molecule has 2 N–H and O–H groups in total. The molecule has 90 valence electrons. The van der Waals surface area contributed by atoms with Crippen molar-refractivity contribution in [3.63, 3.8) is 0 Å². The summed E-state index contributed by atoms with van der Waals surface area (Å²) in [6.45, 7) is 0.627. The molecule has 0 amide bonds. The van der Waals surface area contributed by atoms with Crippen molar-refractivity contribution >= 4 is 35.1 Å². The van der Waals surface area contributed by atoms with Crippen molar-refractivity contribution in [2.75, 3.05) is 23.4 Å². The van der Waals surface area contributed by atoms with Gasteiger partial charge in [-0.3, -0.25) is 0 Å². The molecule has 0 aliphatic rings. The highest BCUT2D eigenvalue weighted by Gasteiger charge is 2.12. The monoisotopic (exact) mass is 270 g/mol. The molecule has 0 saturated heterocycles. The lowest BCUT2D eigenvalue weighted by Crippen LogP contribution is -2.08. The minimum absolute atomic E-state index is 0.0421. The van der Waals surface area contributed by atoms with Crippen LogP contribution in [0.5, 0.6) is 0 Å². The second-order valence-electron chi connectivity index (χ2n) is 3.01. The summed E-state index contributed by atoms with van der Waals surface area (Å²) in [7, 11) is 0. The zero-order valence-electron chi connectivity index (χ0n) is 8.94. The molecular formula is C11H11ClN2O2S. The van der Waals surface area contributed by atoms with Crippen LogP contribution in [0.3, 0.4) is 0 Å². The van der Waals surface area contributed by atoms with Crippen LogP contribution in [0.15, 0.2) is 12.3 Å². The third kappa shape index (κ3) is 4.17. The van der Waals surface area contributed by atoms with Gasteiger partial charge in [0.15, 0.2) is 0 Å². The Bertz CT molecular complexity index is 446. The second-order valence-corrected chi connectivity index (χ2v) is 4.49. The number of hydrogen-bond acceptors (Lipinski definition) is 4. The van der Waals surface area contributed by atoms with E-state index in [0.717, 1.165) is 5.75 Å². The predicted molar refractivity (Wildman–Crippen MR) is 70.9 cm³/mol. The number of pyridine rings is 1. The van der Waals surface area contributed by atoms with Gasteiger partial charge in [0.2, 0.25) is 0 Å². The fourth-order valence-corrected chi connectivity index (χ4v) is 1.87. The molecule has 6 heteroatoms. The summed E-state index contributed by atoms with van der Waals surface area (Å²) in [4.78, 5) is 14.8. The molecule has 0 spiro atoms. The molecule has 0 unspecified atom stereocenters. The molecule has 0 radical (unpaired) electrons. The highest BCUT2D eigenvalue weighted by molar-refractivity contribution is 7.99. The first kappa shape index (κ1) is 13.7. The molecule has 0 atom stereocenters. The maximum Gasteiger partial charge on any atom is 0.337 e. The lowest BCUT2D eigenvalue weighted by molar-refractivity contribution is 0.0697. The van der Waals surface area contributed by atoms with E-state index in [1.54, 1.807) is 11.8 Å². The van der Waals surface area contributed by atoms with E-state index in [9.17, 15) is 4.79 Å². The van der Waals surface area contributed by atoms with Crippen LogP contribution >= 0.6 is 23.4 Å². The Hall–Kier alpha value is -1.38. The minimum atomic E-state index is -1.07. The van der Waals surface area contributed by atoms with Crippen LogP contribution in [0.1, 0.15) is 10.4 Å². The van der Waals surface area contributed by atoms with Gasteiger partial charge in [-0.05, 0) is 6.07 Å². The van der Waals surface area contributed by atoms with E-state index in [2.05, 4.69) is 16.2 Å². The van der Waals surface area contributed by atoms with E-state index in [-0.39, 0.29) is 10.6 Å². The number of anilines is 1. The fraction of sp³-hybridized carbons (Fsp3) is 0.273. The van der Waals surface area contributed by atoms with Gasteiger partial charge >= 0.3 is 5.97 Å². The van der Waals surface area contributed by atoms with Crippen LogP contribution in [0, 0.1) is 12.3 Å². The molecule has 1 aromatic heterocycles. The number of thioether (sulfide) groups is 1. The number of hydrogen-bond donors (Lipinski definition) is 2. The number of aromatic nitrogens is 1. The van der Waals surface area contributed by atoms with Crippen molar-refractivity contribution < 1.29 is 9.90 Å². The van der Waals surface area contributed by atoms with E-state index in [4.69, 9.17) is 23.1 Å². The van der Waals surface area contributed by atoms with Gasteiger partial charge in [-0.15, -0.1) is 18.2 Å². The maximum atomic E-state index is 10.8. The number of nitrogens with one attached hydrogen (secondary N) is 1. The predicted octanol–water partition coefficient (Wildman–Crippen LogP) is 2.21. The van der Waals surface area contributed by atoms with E-state index >= 15 is 0 Å². The summed E-state index contributed by atoms with van der Waals surface area (Å²) in [5, 5.41) is 12.0. The van der Waals surface area contributed by atoms with E-state index in [1.807, 2.05) is 0 Å². The first-order valence-electron chi connectivity index (χ1n) is 4.79. The highest BCUT2D eigenvalue weighted by atomic mass is 35.5. The third-order valence-corrected chi connectivity index (χ3v) is 3.09. The van der Waals surface area contributed by atoms with Crippen LogP contribution < -0.4 is 5.32 Å². The van der Waals surface area contributed by atoms with Gasteiger partial charge in [0.1, 0.15) is 5.82 Å². The van der Waals surface area contributed by atoms with Gasteiger partial charge in [-0.2, -0.15) is 0 Å². The Morgan fingerprint density at radius 3 is 3.12 bits per heavy atom. The number of aromatic carboxylic acids is 1. The molecule has 4 nitrogen and oxygen atoms in total. The van der Waals surface area contributed by atoms with E-state index in [0.29, 0.717) is 18.1 Å². The summed E-state index contributed by atoms with van der Waals surface area (Å²) in [6.07, 6.45) is 6.52. The van der Waals surface area contributed by atoms with Gasteiger partial charge in [0.05, 0.1) is 16.3 Å². The topological polar surface area (TPSA) is 62.2 Å². The molecule has 1 aromatic rings. The van der Waals surface area contributed by atoms with Crippen molar-refractivity contribution in [2.24, 2.45) is 0 Å². The normalized spacial score (nSPS) is 9.65. The Morgan fingerprint density at radius 1 is 1.71 bits per heavy atom. The van der Waals surface area contributed by atoms with Gasteiger partial charge in [-0.1, -0.05) is 17.5 Å². The van der Waals surface area contributed by atoms with Crippen LogP contribution in [-0.2, 0) is 0 Å². The summed E-state index contributed by atoms with van der Waals surface area (Å²) < 4.78 is 0. The molecule has 0 saturated carbocycles. The van der Waals surface area contributed by atoms with Gasteiger partial charge in [0, 0.05) is 18.5 Å². The summed E-state index contributed by atoms with van der Waals surface area (Å²) in [6, 6.07) is 1.36. The smallest absolute Gasteiger partial charge is 0.337 e. The fourth-order valence-electron chi connectivity index (χ4n) is 1.10. The summed E-state index contributed by atoms with van der Waals surface area (Å²) >= 11 is 7.50. The summed E-state index contributed by atoms with van der Waals surface area (Å²) in [5.74, 6) is 3.29. The van der Waals surface area contributed by atoms with Crippen molar-refractivity contribution in [1.29, 1.82) is 0 Å². The van der Waals surface area contributed by atoms with Crippen LogP contribution in [0.2, 0.25) is 5.02 Å². The quantitative estimate of drug-likeness (QED) is 0.613. The van der Waals surface area contributed by atoms with Crippen molar-refractivity contribution in [3.8, 4) is 12.3 Å². The zero-order valence-corrected chi connectivity index (χ0v) is 10.5. The number of carboxylic acid groups (broad SMARTS) is 1. The van der Waals surface area contributed by atoms with Gasteiger partial charge in [-0.25, -0.2) is 9.78 Å².